The average molecular weight is 253 g/mol. The van der Waals surface area contributed by atoms with Crippen molar-refractivity contribution in [1.82, 2.24) is 5.32 Å². The van der Waals surface area contributed by atoms with Crippen molar-refractivity contribution in [2.24, 2.45) is 23.7 Å². The zero-order valence-corrected chi connectivity index (χ0v) is 11.6. The maximum absolute atomic E-state index is 12.3. The average Bonchev–Trinajstić information content (AvgIpc) is 2.29. The summed E-state index contributed by atoms with van der Waals surface area (Å²) in [6, 6.07) is 0.593. The molecule has 2 heterocycles. The summed E-state index contributed by atoms with van der Waals surface area (Å²) in [4.78, 5) is 12.3. The van der Waals surface area contributed by atoms with Gasteiger partial charge in [0.05, 0.1) is 5.37 Å². The second-order valence-electron chi connectivity index (χ2n) is 6.35. The molecule has 1 N–H and O–H groups in total. The molecule has 3 aliphatic rings. The molecule has 0 spiro atoms. The van der Waals surface area contributed by atoms with Gasteiger partial charge in [-0.1, -0.05) is 25.1 Å². The van der Waals surface area contributed by atoms with Crippen LogP contribution in [0.25, 0.3) is 0 Å². The normalized spacial score (nSPS) is 50.6. The van der Waals surface area contributed by atoms with Gasteiger partial charge in [0.1, 0.15) is 0 Å². The Hall–Kier alpha value is -0.0200. The summed E-state index contributed by atoms with van der Waals surface area (Å²) >= 11 is 1.61. The lowest BCUT2D eigenvalue weighted by molar-refractivity contribution is -0.120. The Kier molecular flexibility index (Phi) is 3.24. The van der Waals surface area contributed by atoms with Crippen molar-refractivity contribution in [2.75, 3.05) is 0 Å². The summed E-state index contributed by atoms with van der Waals surface area (Å²) in [5.41, 5.74) is 0. The fourth-order valence-corrected chi connectivity index (χ4v) is 5.55. The second-order valence-corrected chi connectivity index (χ2v) is 7.50. The Morgan fingerprint density at radius 2 is 1.88 bits per heavy atom. The molecule has 3 fully saturated rings. The van der Waals surface area contributed by atoms with Crippen molar-refractivity contribution in [2.45, 2.75) is 57.4 Å². The monoisotopic (exact) mass is 253 g/mol. The molecule has 6 atom stereocenters. The Morgan fingerprint density at radius 3 is 2.71 bits per heavy atom. The van der Waals surface area contributed by atoms with Crippen LogP contribution in [0.2, 0.25) is 0 Å². The number of hydrogen-bond acceptors (Lipinski definition) is 3. The summed E-state index contributed by atoms with van der Waals surface area (Å²) in [7, 11) is 0. The maximum atomic E-state index is 12.3. The van der Waals surface area contributed by atoms with Crippen molar-refractivity contribution < 1.29 is 4.79 Å². The smallest absolute Gasteiger partial charge is 0.193 e. The number of thioether (sulfide) groups is 1. The Labute approximate surface area is 108 Å². The molecular formula is C14H23NOS. The summed E-state index contributed by atoms with van der Waals surface area (Å²) in [5.74, 6) is 2.57. The zero-order valence-electron chi connectivity index (χ0n) is 10.8. The van der Waals surface area contributed by atoms with Crippen LogP contribution in [0.3, 0.4) is 0 Å². The first-order valence-corrected chi connectivity index (χ1v) is 7.99. The van der Waals surface area contributed by atoms with E-state index in [-0.39, 0.29) is 0 Å². The number of carbonyl (C=O) groups is 1. The van der Waals surface area contributed by atoms with E-state index in [2.05, 4.69) is 19.2 Å². The van der Waals surface area contributed by atoms with Gasteiger partial charge in [0.2, 0.25) is 0 Å². The van der Waals surface area contributed by atoms with Crippen LogP contribution in [0.1, 0.15) is 46.0 Å². The van der Waals surface area contributed by atoms with E-state index in [9.17, 15) is 4.79 Å². The second kappa shape index (κ2) is 4.58. The van der Waals surface area contributed by atoms with Gasteiger partial charge in [-0.25, -0.2) is 0 Å². The highest BCUT2D eigenvalue weighted by Crippen LogP contribution is 2.50. The lowest BCUT2D eigenvalue weighted by atomic mass is 9.67. The lowest BCUT2D eigenvalue weighted by Crippen LogP contribution is -2.53. The number of carbonyl (C=O) groups excluding carboxylic acids is 1. The first-order chi connectivity index (χ1) is 8.15. The van der Waals surface area contributed by atoms with Crippen LogP contribution in [-0.4, -0.2) is 16.5 Å². The third-order valence-electron chi connectivity index (χ3n) is 5.03. The molecule has 2 nitrogen and oxygen atoms in total. The SMILES string of the molecule is CC1CCC2C(C1)C(=O)SC1NC(C)CCC12. The van der Waals surface area contributed by atoms with Crippen molar-refractivity contribution in [3.63, 3.8) is 0 Å². The molecule has 2 aliphatic heterocycles. The highest BCUT2D eigenvalue weighted by molar-refractivity contribution is 8.14. The quantitative estimate of drug-likeness (QED) is 0.719. The highest BCUT2D eigenvalue weighted by atomic mass is 32.2. The van der Waals surface area contributed by atoms with Crippen LogP contribution in [0.4, 0.5) is 0 Å². The van der Waals surface area contributed by atoms with Crippen molar-refractivity contribution in [3.05, 3.63) is 0 Å². The van der Waals surface area contributed by atoms with Crippen LogP contribution in [0.15, 0.2) is 0 Å². The van der Waals surface area contributed by atoms with E-state index in [0.717, 1.165) is 18.3 Å². The molecule has 0 aromatic rings. The van der Waals surface area contributed by atoms with Crippen LogP contribution in [-0.2, 0) is 4.79 Å². The number of hydrogen-bond donors (Lipinski definition) is 1. The van der Waals surface area contributed by atoms with Crippen LogP contribution < -0.4 is 5.32 Å². The molecule has 0 amide bonds. The number of nitrogens with one attached hydrogen (secondary N) is 1. The van der Waals surface area contributed by atoms with E-state index in [1.807, 2.05) is 0 Å². The van der Waals surface area contributed by atoms with Crippen LogP contribution >= 0.6 is 11.8 Å². The Bertz CT molecular complexity index is 319. The Morgan fingerprint density at radius 1 is 1.12 bits per heavy atom. The molecule has 3 heteroatoms. The largest absolute Gasteiger partial charge is 0.302 e. The van der Waals surface area contributed by atoms with Crippen molar-refractivity contribution in [3.8, 4) is 0 Å². The van der Waals surface area contributed by atoms with Gasteiger partial charge in [0.25, 0.3) is 0 Å². The standard InChI is InChI=1S/C14H23NOS/c1-8-3-5-10-11-6-4-9(2)15-13(11)17-14(16)12(10)7-8/h8-13,15H,3-7H2,1-2H3. The minimum absolute atomic E-state index is 0.375. The van der Waals surface area contributed by atoms with Gasteiger partial charge in [-0.3, -0.25) is 4.79 Å². The van der Waals surface area contributed by atoms with E-state index in [0.29, 0.717) is 28.4 Å². The lowest BCUT2D eigenvalue weighted by Gasteiger charge is -2.48. The minimum atomic E-state index is 0.375. The molecule has 96 valence electrons. The van der Waals surface area contributed by atoms with E-state index in [4.69, 9.17) is 0 Å². The third-order valence-corrected chi connectivity index (χ3v) is 6.31. The summed E-state index contributed by atoms with van der Waals surface area (Å²) in [6.07, 6.45) is 6.38. The van der Waals surface area contributed by atoms with Crippen molar-refractivity contribution in [1.29, 1.82) is 0 Å². The van der Waals surface area contributed by atoms with Crippen LogP contribution in [0.5, 0.6) is 0 Å². The van der Waals surface area contributed by atoms with Crippen molar-refractivity contribution >= 4 is 16.9 Å². The summed E-state index contributed by atoms with van der Waals surface area (Å²) in [6.45, 7) is 4.55. The van der Waals surface area contributed by atoms with E-state index < -0.39 is 0 Å². The topological polar surface area (TPSA) is 29.1 Å². The fourth-order valence-electron chi connectivity index (χ4n) is 4.04. The van der Waals surface area contributed by atoms with Gasteiger partial charge in [-0.15, -0.1) is 0 Å². The molecule has 3 rings (SSSR count). The van der Waals surface area contributed by atoms with Gasteiger partial charge >= 0.3 is 0 Å². The van der Waals surface area contributed by atoms with E-state index >= 15 is 0 Å². The molecular weight excluding hydrogens is 230 g/mol. The first kappa shape index (κ1) is 12.0. The molecule has 1 aliphatic carbocycles. The van der Waals surface area contributed by atoms with E-state index in [1.165, 1.54) is 25.7 Å². The first-order valence-electron chi connectivity index (χ1n) is 7.11. The number of piperidine rings is 1. The molecule has 17 heavy (non-hydrogen) atoms. The third kappa shape index (κ3) is 2.17. The van der Waals surface area contributed by atoms with E-state index in [1.54, 1.807) is 11.8 Å². The highest BCUT2D eigenvalue weighted by Gasteiger charge is 2.47. The molecule has 0 aromatic heterocycles. The van der Waals surface area contributed by atoms with Crippen LogP contribution in [0, 0.1) is 23.7 Å². The predicted octanol–water partition coefficient (Wildman–Crippen LogP) is 3.03. The molecule has 6 unspecified atom stereocenters. The van der Waals surface area contributed by atoms with Gasteiger partial charge in [0, 0.05) is 12.0 Å². The molecule has 2 saturated heterocycles. The zero-order chi connectivity index (χ0) is 12.0. The van der Waals surface area contributed by atoms with Gasteiger partial charge in [-0.2, -0.15) is 0 Å². The minimum Gasteiger partial charge on any atom is -0.302 e. The van der Waals surface area contributed by atoms with Gasteiger partial charge in [0.15, 0.2) is 5.12 Å². The number of rotatable bonds is 0. The fraction of sp³-hybridized carbons (Fsp3) is 0.929. The number of fused-ring (bicyclic) bond motifs is 3. The summed E-state index contributed by atoms with van der Waals surface area (Å²) in [5, 5.41) is 4.53. The van der Waals surface area contributed by atoms with Gasteiger partial charge < -0.3 is 5.32 Å². The molecule has 1 saturated carbocycles. The van der Waals surface area contributed by atoms with Gasteiger partial charge in [-0.05, 0) is 50.4 Å². The maximum Gasteiger partial charge on any atom is 0.193 e. The predicted molar refractivity (Wildman–Crippen MR) is 71.7 cm³/mol. The molecule has 0 radical (unpaired) electrons. The molecule has 0 bridgehead atoms. The summed E-state index contributed by atoms with van der Waals surface area (Å²) < 4.78 is 0. The Balaban J connectivity index is 1.79. The molecule has 0 aromatic carbocycles.